The molecule has 0 fully saturated rings. The van der Waals surface area contributed by atoms with E-state index in [1.165, 1.54) is 60.5 Å². The van der Waals surface area contributed by atoms with Gasteiger partial charge in [0.25, 0.3) is 0 Å². The minimum absolute atomic E-state index is 0.204. The first-order chi connectivity index (χ1) is 23.6. The van der Waals surface area contributed by atoms with E-state index in [2.05, 4.69) is 140 Å². The second kappa shape index (κ2) is 9.05. The van der Waals surface area contributed by atoms with Crippen LogP contribution in [0.15, 0.2) is 148 Å². The first-order valence-corrected chi connectivity index (χ1v) is 16.6. The van der Waals surface area contributed by atoms with Crippen molar-refractivity contribution >= 4 is 65.7 Å². The van der Waals surface area contributed by atoms with E-state index in [0.717, 1.165) is 44.2 Å². The average Bonchev–Trinajstić information content (AvgIpc) is 3.84. The monoisotopic (exact) mass is 615 g/mol. The van der Waals surface area contributed by atoms with Gasteiger partial charge in [-0.3, -0.25) is 0 Å². The molecule has 0 N–H and O–H groups in total. The molecule has 3 heteroatoms. The number of hydrogen-bond acceptors (Lipinski definition) is 2. The van der Waals surface area contributed by atoms with Crippen molar-refractivity contribution < 1.29 is 8.83 Å². The second-order valence-electron chi connectivity index (χ2n) is 13.7. The van der Waals surface area contributed by atoms with Gasteiger partial charge in [-0.25, -0.2) is 0 Å². The van der Waals surface area contributed by atoms with Crippen LogP contribution in [0.3, 0.4) is 0 Å². The maximum atomic E-state index is 6.43. The van der Waals surface area contributed by atoms with Crippen LogP contribution in [0.1, 0.15) is 25.0 Å². The molecule has 226 valence electrons. The summed E-state index contributed by atoms with van der Waals surface area (Å²) in [5, 5.41) is 7.17. The largest absolute Gasteiger partial charge is 0.456 e. The summed E-state index contributed by atoms with van der Waals surface area (Å²) in [6, 6.07) is 50.2. The van der Waals surface area contributed by atoms with Gasteiger partial charge in [-0.05, 0) is 76.3 Å². The fourth-order valence-electron chi connectivity index (χ4n) is 8.64. The van der Waals surface area contributed by atoms with Gasteiger partial charge in [-0.2, -0.15) is 0 Å². The number of rotatable bonds is 2. The molecule has 0 unspecified atom stereocenters. The van der Waals surface area contributed by atoms with Gasteiger partial charge >= 0.3 is 0 Å². The maximum Gasteiger partial charge on any atom is 0.143 e. The number of aromatic nitrogens is 1. The highest BCUT2D eigenvalue weighted by molar-refractivity contribution is 6.14. The normalized spacial score (nSPS) is 13.8. The topological polar surface area (TPSA) is 31.2 Å². The molecule has 3 heterocycles. The predicted molar refractivity (Wildman–Crippen MR) is 198 cm³/mol. The summed E-state index contributed by atoms with van der Waals surface area (Å²) >= 11 is 0. The molecule has 0 saturated carbocycles. The summed E-state index contributed by atoms with van der Waals surface area (Å²) < 4.78 is 15.2. The lowest BCUT2D eigenvalue weighted by atomic mass is 9.80. The molecular formula is C45H29NO2. The Morgan fingerprint density at radius 2 is 1.19 bits per heavy atom. The molecule has 11 rings (SSSR count). The molecule has 48 heavy (non-hydrogen) atoms. The molecule has 0 atom stereocenters. The van der Waals surface area contributed by atoms with Crippen molar-refractivity contribution in [3.63, 3.8) is 0 Å². The van der Waals surface area contributed by atoms with Gasteiger partial charge in [0, 0.05) is 49.0 Å². The van der Waals surface area contributed by atoms with Gasteiger partial charge in [-0.15, -0.1) is 0 Å². The number of fused-ring (bicyclic) bond motifs is 13. The highest BCUT2D eigenvalue weighted by Crippen LogP contribution is 2.53. The molecule has 0 saturated heterocycles. The molecule has 1 aliphatic rings. The van der Waals surface area contributed by atoms with Crippen molar-refractivity contribution in [3.8, 4) is 27.9 Å². The van der Waals surface area contributed by atoms with Crippen molar-refractivity contribution in [1.82, 2.24) is 4.57 Å². The quantitative estimate of drug-likeness (QED) is 0.194. The SMILES string of the molecule is CC1(C)c2cc(-n3c4ccccc4c4cc(-c5cccc6c5oc5ccccc56)ccc43)ccc2-c2ccc3oc4ccccc4c3c21. The third-order valence-electron chi connectivity index (χ3n) is 10.8. The Labute approximate surface area is 276 Å². The summed E-state index contributed by atoms with van der Waals surface area (Å²) in [6.07, 6.45) is 0. The summed E-state index contributed by atoms with van der Waals surface area (Å²) in [5.74, 6) is 0. The van der Waals surface area contributed by atoms with E-state index in [9.17, 15) is 0 Å². The lowest BCUT2D eigenvalue weighted by molar-refractivity contribution is 0.656. The van der Waals surface area contributed by atoms with Gasteiger partial charge in [-0.1, -0.05) is 105 Å². The Bertz CT molecular complexity index is 2980. The Morgan fingerprint density at radius 1 is 0.479 bits per heavy atom. The zero-order valence-corrected chi connectivity index (χ0v) is 26.5. The molecule has 1 aliphatic carbocycles. The van der Waals surface area contributed by atoms with E-state index in [1.54, 1.807) is 0 Å². The zero-order chi connectivity index (χ0) is 31.7. The number of furan rings is 2. The molecule has 10 aromatic rings. The highest BCUT2D eigenvalue weighted by Gasteiger charge is 2.38. The van der Waals surface area contributed by atoms with Crippen molar-refractivity contribution in [2.24, 2.45) is 0 Å². The van der Waals surface area contributed by atoms with Crippen molar-refractivity contribution in [2.75, 3.05) is 0 Å². The zero-order valence-electron chi connectivity index (χ0n) is 26.5. The number of para-hydroxylation sites is 4. The van der Waals surface area contributed by atoms with Crippen LogP contribution in [0.5, 0.6) is 0 Å². The summed E-state index contributed by atoms with van der Waals surface area (Å²) in [5.41, 5.74) is 14.6. The first-order valence-electron chi connectivity index (χ1n) is 16.6. The third-order valence-corrected chi connectivity index (χ3v) is 10.8. The summed E-state index contributed by atoms with van der Waals surface area (Å²) in [7, 11) is 0. The van der Waals surface area contributed by atoms with Gasteiger partial charge in [0.15, 0.2) is 0 Å². The van der Waals surface area contributed by atoms with Crippen LogP contribution in [-0.2, 0) is 5.41 Å². The fraction of sp³-hybridized carbons (Fsp3) is 0.0667. The second-order valence-corrected chi connectivity index (χ2v) is 13.7. The molecule has 0 radical (unpaired) electrons. The molecule has 0 aliphatic heterocycles. The lowest BCUT2D eigenvalue weighted by Gasteiger charge is -2.23. The smallest absolute Gasteiger partial charge is 0.143 e. The van der Waals surface area contributed by atoms with Gasteiger partial charge in [0.2, 0.25) is 0 Å². The number of hydrogen-bond donors (Lipinski definition) is 0. The van der Waals surface area contributed by atoms with E-state index in [1.807, 2.05) is 18.2 Å². The minimum atomic E-state index is -0.204. The lowest BCUT2D eigenvalue weighted by Crippen LogP contribution is -2.15. The van der Waals surface area contributed by atoms with Crippen LogP contribution in [0, 0.1) is 0 Å². The molecular weight excluding hydrogens is 587 g/mol. The van der Waals surface area contributed by atoms with Gasteiger partial charge in [0.05, 0.1) is 11.0 Å². The van der Waals surface area contributed by atoms with E-state index >= 15 is 0 Å². The highest BCUT2D eigenvalue weighted by atomic mass is 16.3. The van der Waals surface area contributed by atoms with E-state index < -0.39 is 0 Å². The fourth-order valence-corrected chi connectivity index (χ4v) is 8.64. The molecule has 3 nitrogen and oxygen atoms in total. The molecule has 0 spiro atoms. The van der Waals surface area contributed by atoms with Crippen LogP contribution in [0.25, 0.3) is 93.6 Å². The Morgan fingerprint density at radius 3 is 2.06 bits per heavy atom. The minimum Gasteiger partial charge on any atom is -0.456 e. The maximum absolute atomic E-state index is 6.43. The van der Waals surface area contributed by atoms with E-state index in [0.29, 0.717) is 0 Å². The van der Waals surface area contributed by atoms with Crippen LogP contribution in [-0.4, -0.2) is 4.57 Å². The van der Waals surface area contributed by atoms with Crippen molar-refractivity contribution in [1.29, 1.82) is 0 Å². The summed E-state index contributed by atoms with van der Waals surface area (Å²) in [4.78, 5) is 0. The molecule has 3 aromatic heterocycles. The molecule has 0 bridgehead atoms. The number of benzene rings is 7. The van der Waals surface area contributed by atoms with Gasteiger partial charge < -0.3 is 13.4 Å². The Kier molecular flexibility index (Phi) is 4.91. The predicted octanol–water partition coefficient (Wildman–Crippen LogP) is 12.6. The average molecular weight is 616 g/mol. The van der Waals surface area contributed by atoms with E-state index in [-0.39, 0.29) is 5.41 Å². The van der Waals surface area contributed by atoms with Crippen molar-refractivity contribution in [3.05, 3.63) is 151 Å². The third kappa shape index (κ3) is 3.28. The van der Waals surface area contributed by atoms with Crippen LogP contribution in [0.4, 0.5) is 0 Å². The Balaban J connectivity index is 1.12. The van der Waals surface area contributed by atoms with Crippen LogP contribution < -0.4 is 0 Å². The van der Waals surface area contributed by atoms with Gasteiger partial charge in [0.1, 0.15) is 22.3 Å². The van der Waals surface area contributed by atoms with Crippen LogP contribution in [0.2, 0.25) is 0 Å². The standard InChI is InChI=1S/C45H29NO2/c1-45(2)36-25-27(19-20-29(36)32-21-23-41-42(43(32)45)34-12-5-8-17-40(34)47-41)46-37-15-6-3-10-30(37)35-24-26(18-22-38(35)46)28-13-9-14-33-31-11-4-7-16-39(31)48-44(28)33/h3-25H,1-2H3. The number of nitrogens with zero attached hydrogens (tertiary/aromatic N) is 1. The summed E-state index contributed by atoms with van der Waals surface area (Å²) in [6.45, 7) is 4.72. The molecule has 7 aromatic carbocycles. The molecule has 0 amide bonds. The Hall–Kier alpha value is -6.06. The first kappa shape index (κ1) is 26.1. The van der Waals surface area contributed by atoms with Crippen LogP contribution >= 0.6 is 0 Å². The van der Waals surface area contributed by atoms with E-state index in [4.69, 9.17) is 8.83 Å². The van der Waals surface area contributed by atoms with Crippen molar-refractivity contribution in [2.45, 2.75) is 19.3 Å².